The average molecular weight is 428 g/mol. The maximum absolute atomic E-state index is 13.2. The van der Waals surface area contributed by atoms with E-state index in [1.165, 1.54) is 0 Å². The van der Waals surface area contributed by atoms with E-state index < -0.39 is 0 Å². The second-order valence-corrected chi connectivity index (χ2v) is 7.77. The van der Waals surface area contributed by atoms with Crippen molar-refractivity contribution in [2.45, 2.75) is 33.4 Å². The van der Waals surface area contributed by atoms with Gasteiger partial charge in [-0.25, -0.2) is 14.6 Å². The van der Waals surface area contributed by atoms with Crippen molar-refractivity contribution >= 4 is 11.6 Å². The molecule has 4 aromatic rings. The van der Waals surface area contributed by atoms with Gasteiger partial charge < -0.3 is 9.64 Å². The van der Waals surface area contributed by atoms with Gasteiger partial charge in [-0.3, -0.25) is 9.48 Å². The van der Waals surface area contributed by atoms with Gasteiger partial charge in [-0.2, -0.15) is 0 Å². The summed E-state index contributed by atoms with van der Waals surface area (Å²) in [5.74, 6) is 1.57. The van der Waals surface area contributed by atoms with Crippen LogP contribution in [0.25, 0.3) is 11.4 Å². The van der Waals surface area contributed by atoms with Crippen molar-refractivity contribution < 1.29 is 4.74 Å². The highest BCUT2D eigenvalue weighted by Gasteiger charge is 2.28. The molecule has 3 heterocycles. The van der Waals surface area contributed by atoms with Crippen LogP contribution in [0.5, 0.6) is 11.5 Å². The Bertz CT molecular complexity index is 1310. The summed E-state index contributed by atoms with van der Waals surface area (Å²) in [6.45, 7) is 6.17. The summed E-state index contributed by atoms with van der Waals surface area (Å²) in [4.78, 5) is 24.7. The normalized spacial score (nSPS) is 12.6. The Hall–Kier alpha value is -3.87. The Labute approximate surface area is 186 Å². The van der Waals surface area contributed by atoms with E-state index in [1.54, 1.807) is 10.9 Å². The van der Waals surface area contributed by atoms with Gasteiger partial charge in [-0.1, -0.05) is 36.4 Å². The minimum Gasteiger partial charge on any atom is -0.449 e. The molecule has 0 saturated heterocycles. The lowest BCUT2D eigenvalue weighted by molar-refractivity contribution is 0.472. The fraction of sp³-hybridized carbons (Fsp3) is 0.240. The zero-order chi connectivity index (χ0) is 22.1. The smallest absolute Gasteiger partial charge is 0.310 e. The van der Waals surface area contributed by atoms with Gasteiger partial charge in [0.05, 0.1) is 5.69 Å². The van der Waals surface area contributed by atoms with Crippen molar-refractivity contribution in [2.75, 3.05) is 11.4 Å². The lowest BCUT2D eigenvalue weighted by Gasteiger charge is -2.21. The minimum absolute atomic E-state index is 0.128. The Morgan fingerprint density at radius 3 is 2.53 bits per heavy atom. The van der Waals surface area contributed by atoms with Crippen LogP contribution in [-0.2, 0) is 13.1 Å². The first-order valence-electron chi connectivity index (χ1n) is 10.9. The Kier molecular flexibility index (Phi) is 5.23. The molecule has 7 heteroatoms. The van der Waals surface area contributed by atoms with Gasteiger partial charge in [-0.15, -0.1) is 0 Å². The highest BCUT2D eigenvalue weighted by atomic mass is 16.5. The number of aryl methyl sites for hydroxylation is 1. The van der Waals surface area contributed by atoms with Gasteiger partial charge in [-0.05, 0) is 50.1 Å². The molecule has 0 bridgehead atoms. The zero-order valence-corrected chi connectivity index (χ0v) is 18.2. The van der Waals surface area contributed by atoms with E-state index >= 15 is 0 Å². The van der Waals surface area contributed by atoms with E-state index in [9.17, 15) is 4.79 Å². The number of para-hydroxylation sites is 2. The first kappa shape index (κ1) is 20.1. The van der Waals surface area contributed by atoms with Crippen LogP contribution in [0.4, 0.5) is 11.6 Å². The molecule has 0 radical (unpaired) electrons. The lowest BCUT2D eigenvalue weighted by Crippen LogP contribution is -2.19. The van der Waals surface area contributed by atoms with Crippen LogP contribution < -0.4 is 15.2 Å². The van der Waals surface area contributed by atoms with Crippen LogP contribution in [0, 0.1) is 6.92 Å². The molecular formula is C25H25N5O2. The van der Waals surface area contributed by atoms with E-state index in [-0.39, 0.29) is 5.56 Å². The van der Waals surface area contributed by atoms with E-state index in [4.69, 9.17) is 9.72 Å². The van der Waals surface area contributed by atoms with Crippen molar-refractivity contribution in [1.82, 2.24) is 19.3 Å². The third-order valence-corrected chi connectivity index (χ3v) is 5.75. The molecule has 0 aliphatic carbocycles. The van der Waals surface area contributed by atoms with E-state index in [2.05, 4.69) is 11.9 Å². The van der Waals surface area contributed by atoms with Crippen LogP contribution >= 0.6 is 0 Å². The molecule has 0 unspecified atom stereocenters. The molecular weight excluding hydrogens is 402 g/mol. The van der Waals surface area contributed by atoms with Crippen molar-refractivity contribution in [3.63, 3.8) is 0 Å². The number of hydrogen-bond donors (Lipinski definition) is 0. The number of aromatic nitrogens is 4. The molecule has 0 atom stereocenters. The highest BCUT2D eigenvalue weighted by Crippen LogP contribution is 2.34. The predicted octanol–water partition coefficient (Wildman–Crippen LogP) is 4.77. The largest absolute Gasteiger partial charge is 0.449 e. The van der Waals surface area contributed by atoms with Gasteiger partial charge >= 0.3 is 5.56 Å². The summed E-state index contributed by atoms with van der Waals surface area (Å²) < 4.78 is 9.94. The van der Waals surface area contributed by atoms with Gasteiger partial charge in [0, 0.05) is 31.5 Å². The SMILES string of the molecule is CCN(c1ccccc1)c1nccc(-c2c(Oc3ccccc3C)c(=O)n3n2CCC3)n1. The second kappa shape index (κ2) is 8.34. The number of anilines is 2. The van der Waals surface area contributed by atoms with Crippen molar-refractivity contribution in [1.29, 1.82) is 0 Å². The Balaban J connectivity index is 1.63. The average Bonchev–Trinajstić information content (AvgIpc) is 3.39. The maximum atomic E-state index is 13.2. The summed E-state index contributed by atoms with van der Waals surface area (Å²) in [5, 5.41) is 0. The third-order valence-electron chi connectivity index (χ3n) is 5.75. The molecule has 2 aromatic carbocycles. The van der Waals surface area contributed by atoms with Crippen LogP contribution in [-0.4, -0.2) is 25.9 Å². The first-order chi connectivity index (χ1) is 15.7. The molecule has 162 valence electrons. The number of nitrogens with zero attached hydrogens (tertiary/aromatic N) is 5. The molecule has 2 aromatic heterocycles. The van der Waals surface area contributed by atoms with Crippen molar-refractivity contribution in [2.24, 2.45) is 0 Å². The summed E-state index contributed by atoms with van der Waals surface area (Å²) in [5.41, 5.74) is 3.23. The molecule has 0 saturated carbocycles. The summed E-state index contributed by atoms with van der Waals surface area (Å²) in [6.07, 6.45) is 2.65. The Morgan fingerprint density at radius 2 is 1.75 bits per heavy atom. The molecule has 1 aliphatic rings. The van der Waals surface area contributed by atoms with Gasteiger partial charge in [0.1, 0.15) is 11.4 Å². The molecule has 7 nitrogen and oxygen atoms in total. The Morgan fingerprint density at radius 1 is 1.00 bits per heavy atom. The van der Waals surface area contributed by atoms with Gasteiger partial charge in [0.25, 0.3) is 0 Å². The van der Waals surface area contributed by atoms with Gasteiger partial charge in [0.15, 0.2) is 0 Å². The molecule has 0 amide bonds. The van der Waals surface area contributed by atoms with Crippen molar-refractivity contribution in [3.05, 3.63) is 82.8 Å². The molecule has 32 heavy (non-hydrogen) atoms. The number of hydrogen-bond acceptors (Lipinski definition) is 5. The van der Waals surface area contributed by atoms with Crippen LogP contribution in [0.15, 0.2) is 71.7 Å². The maximum Gasteiger partial charge on any atom is 0.310 e. The van der Waals surface area contributed by atoms with Crippen LogP contribution in [0.1, 0.15) is 18.9 Å². The number of ether oxygens (including phenoxy) is 1. The molecule has 1 aliphatic heterocycles. The standard InChI is InChI=1S/C25H25N5O2/c1-3-28(19-11-5-4-6-12-19)25-26-15-14-20(27-25)22-23(24(31)30-17-9-16-29(22)30)32-21-13-8-7-10-18(21)2/h4-8,10-15H,3,9,16-17H2,1-2H3. The zero-order valence-electron chi connectivity index (χ0n) is 18.2. The third kappa shape index (κ3) is 3.45. The van der Waals surface area contributed by atoms with Crippen molar-refractivity contribution in [3.8, 4) is 22.9 Å². The second-order valence-electron chi connectivity index (χ2n) is 7.77. The lowest BCUT2D eigenvalue weighted by atomic mass is 10.2. The fourth-order valence-corrected chi connectivity index (χ4v) is 4.17. The van der Waals surface area contributed by atoms with Gasteiger partial charge in [0.2, 0.25) is 11.7 Å². The van der Waals surface area contributed by atoms with E-state index in [0.717, 1.165) is 24.2 Å². The highest BCUT2D eigenvalue weighted by molar-refractivity contribution is 5.66. The van der Waals surface area contributed by atoms with Crippen LogP contribution in [0.2, 0.25) is 0 Å². The predicted molar refractivity (Wildman–Crippen MR) is 125 cm³/mol. The minimum atomic E-state index is -0.128. The first-order valence-corrected chi connectivity index (χ1v) is 10.9. The van der Waals surface area contributed by atoms with E-state index in [0.29, 0.717) is 41.9 Å². The molecule has 0 fully saturated rings. The number of fused-ring (bicyclic) bond motifs is 1. The monoisotopic (exact) mass is 427 g/mol. The van der Waals surface area contributed by atoms with Crippen LogP contribution in [0.3, 0.4) is 0 Å². The molecule has 5 rings (SSSR count). The molecule has 0 N–H and O–H groups in total. The number of benzene rings is 2. The number of rotatable bonds is 6. The van der Waals surface area contributed by atoms with E-state index in [1.807, 2.05) is 77.2 Å². The fourth-order valence-electron chi connectivity index (χ4n) is 4.17. The topological polar surface area (TPSA) is 65.2 Å². The summed E-state index contributed by atoms with van der Waals surface area (Å²) in [6, 6.07) is 19.6. The summed E-state index contributed by atoms with van der Waals surface area (Å²) in [7, 11) is 0. The molecule has 0 spiro atoms. The summed E-state index contributed by atoms with van der Waals surface area (Å²) >= 11 is 0. The quantitative estimate of drug-likeness (QED) is 0.444.